The molecule has 25 rings (SSSR count). The number of para-hydroxylation sites is 3. The van der Waals surface area contributed by atoms with Gasteiger partial charge in [-0.25, -0.2) is 87.9 Å². The number of anilines is 12. The molecule has 6 N–H and O–H groups in total. The van der Waals surface area contributed by atoms with Gasteiger partial charge in [-0.1, -0.05) is 133 Å². The Hall–Kier alpha value is -20.5. The van der Waals surface area contributed by atoms with E-state index in [-0.39, 0.29) is 34.4 Å². The number of hydrogen-bond donors (Lipinski definition) is 6. The first-order valence-electron chi connectivity index (χ1n) is 46.3. The molecule has 0 unspecified atom stereocenters. The molecule has 0 saturated carbocycles. The number of benzene rings is 9. The predicted octanol–water partition coefficient (Wildman–Crippen LogP) is 27.4. The van der Waals surface area contributed by atoms with Crippen LogP contribution in [0.2, 0.25) is 5.02 Å². The third kappa shape index (κ3) is 23.5. The summed E-state index contributed by atoms with van der Waals surface area (Å²) in [6.45, 7) is 0. The van der Waals surface area contributed by atoms with Crippen molar-refractivity contribution in [1.29, 1.82) is 0 Å². The van der Waals surface area contributed by atoms with Gasteiger partial charge in [0.1, 0.15) is 52.4 Å². The lowest BCUT2D eigenvalue weighted by Crippen LogP contribution is -2.08. The maximum absolute atomic E-state index is 14.1. The van der Waals surface area contributed by atoms with E-state index < -0.39 is 23.4 Å². The summed E-state index contributed by atoms with van der Waals surface area (Å²) in [6, 6.07) is 97.5. The van der Waals surface area contributed by atoms with Crippen molar-refractivity contribution in [3.63, 3.8) is 0 Å². The molecule has 0 aliphatic rings. The van der Waals surface area contributed by atoms with Gasteiger partial charge in [-0.3, -0.25) is 34.9 Å². The molecule has 16 heterocycles. The molecule has 28 nitrogen and oxygen atoms in total. The van der Waals surface area contributed by atoms with Crippen molar-refractivity contribution in [2.24, 2.45) is 0 Å². The number of nitrogens with zero attached hydrogens (tertiary/aromatic N) is 22. The number of hydrogen-bond acceptors (Lipinski definition) is 28. The van der Waals surface area contributed by atoms with Crippen LogP contribution in [0.25, 0.3) is 145 Å². The second kappa shape index (κ2) is 45.8. The van der Waals surface area contributed by atoms with Gasteiger partial charge in [-0.05, 0) is 217 Å². The average Bonchev–Trinajstić information content (AvgIpc) is 0.778. The van der Waals surface area contributed by atoms with Crippen LogP contribution < -0.4 is 31.9 Å². The third-order valence-corrected chi connectivity index (χ3v) is 23.0. The van der Waals surface area contributed by atoms with Crippen molar-refractivity contribution in [1.82, 2.24) is 110 Å². The maximum Gasteiger partial charge on any atom is 0.417 e. The van der Waals surface area contributed by atoms with Gasteiger partial charge in [0, 0.05) is 178 Å². The molecule has 25 aromatic rings. The summed E-state index contributed by atoms with van der Waals surface area (Å²) < 4.78 is 82.6. The number of nitrogens with one attached hydrogen (secondary N) is 6. The summed E-state index contributed by atoms with van der Waals surface area (Å²) in [4.78, 5) is 95.3. The fourth-order valence-electron chi connectivity index (χ4n) is 15.6. The fourth-order valence-corrected chi connectivity index (χ4v) is 15.8. The summed E-state index contributed by atoms with van der Waals surface area (Å²) in [5.74, 6) is 3.93. The lowest BCUT2D eigenvalue weighted by molar-refractivity contribution is -0.137. The number of rotatable bonds is 18. The number of halogens is 7. The van der Waals surface area contributed by atoms with E-state index in [1.807, 2.05) is 182 Å². The van der Waals surface area contributed by atoms with E-state index in [0.717, 1.165) is 101 Å². The molecular formula is C115H77ClF6N28. The van der Waals surface area contributed by atoms with Crippen LogP contribution in [-0.2, 0) is 6.18 Å². The van der Waals surface area contributed by atoms with Gasteiger partial charge in [0.25, 0.3) is 0 Å². The molecule has 0 saturated heterocycles. The first-order chi connectivity index (χ1) is 73.6. The van der Waals surface area contributed by atoms with E-state index in [1.54, 1.807) is 178 Å². The predicted molar refractivity (Wildman–Crippen MR) is 574 cm³/mol. The quantitative estimate of drug-likeness (QED) is 0.0435. The van der Waals surface area contributed by atoms with E-state index >= 15 is 0 Å². The number of aromatic nitrogens is 22. The normalized spacial score (nSPS) is 10.9. The molecule has 16 aromatic heterocycles. The zero-order valence-electron chi connectivity index (χ0n) is 78.5. The minimum absolute atomic E-state index is 0.0122. The van der Waals surface area contributed by atoms with Crippen LogP contribution >= 0.6 is 11.6 Å². The highest BCUT2D eigenvalue weighted by Gasteiger charge is 2.35. The molecule has 0 radical (unpaired) electrons. The number of fused-ring (bicyclic) bond motifs is 7. The van der Waals surface area contributed by atoms with Crippen LogP contribution in [0.1, 0.15) is 5.56 Å². The Morgan fingerprint density at radius 1 is 0.213 bits per heavy atom. The molecule has 35 heteroatoms. The van der Waals surface area contributed by atoms with E-state index in [1.165, 1.54) is 47.2 Å². The van der Waals surface area contributed by atoms with Gasteiger partial charge in [-0.15, -0.1) is 0 Å². The van der Waals surface area contributed by atoms with Gasteiger partial charge in [0.2, 0.25) is 0 Å². The highest BCUT2D eigenvalue weighted by atomic mass is 35.5. The van der Waals surface area contributed by atoms with E-state index in [9.17, 15) is 26.3 Å². The zero-order chi connectivity index (χ0) is 102. The zero-order valence-corrected chi connectivity index (χ0v) is 79.2. The molecule has 0 fully saturated rings. The Morgan fingerprint density at radius 3 is 0.927 bits per heavy atom. The minimum Gasteiger partial charge on any atom is -0.340 e. The first kappa shape index (κ1) is 96.9. The molecular weight excluding hydrogens is 1920 g/mol. The maximum atomic E-state index is 14.1. The average molecular weight is 2000 g/mol. The van der Waals surface area contributed by atoms with Gasteiger partial charge in [0.05, 0.1) is 54.4 Å². The molecule has 9 aromatic carbocycles. The van der Waals surface area contributed by atoms with Gasteiger partial charge < -0.3 is 31.9 Å². The lowest BCUT2D eigenvalue weighted by Gasteiger charge is -2.14. The minimum atomic E-state index is -4.50. The van der Waals surface area contributed by atoms with Crippen LogP contribution in [0.15, 0.2) is 433 Å². The van der Waals surface area contributed by atoms with Crippen LogP contribution in [-0.4, -0.2) is 110 Å². The largest absolute Gasteiger partial charge is 0.417 e. The van der Waals surface area contributed by atoms with Crippen molar-refractivity contribution in [2.45, 2.75) is 6.18 Å². The number of alkyl halides is 3. The summed E-state index contributed by atoms with van der Waals surface area (Å²) in [5, 5.41) is 27.4. The van der Waals surface area contributed by atoms with Crippen molar-refractivity contribution < 1.29 is 26.3 Å². The molecule has 726 valence electrons. The first-order valence-corrected chi connectivity index (χ1v) is 46.7. The molecule has 0 aliphatic heterocycles. The van der Waals surface area contributed by atoms with Gasteiger partial charge in [0.15, 0.2) is 51.9 Å². The molecule has 0 bridgehead atoms. The SMILES string of the molecule is Clc1ccccc1-c1nc(Nc2ccncc2)c2cccnc2n1.FC(F)(F)c1ccccc1-c1nc(Nc2ccncc2)c2ccccc2n1.Fc1cccc(F)c1-c1nc(Nc2ccncc2)c2cccnc2n1.Fc1ccccc1-c1nc(Nc2ccncc2)c2cccnc2n1.c1ccc2c(Nc3ccncc3)nc(-c3ccncc3)nc2c1.c1ccc2cc(-c3nc(Nc4ccncc4)c4ccccc4n3)ccc2c1. The Bertz CT molecular complexity index is 8860. The van der Waals surface area contributed by atoms with E-state index in [4.69, 9.17) is 26.6 Å². The van der Waals surface area contributed by atoms with E-state index in [2.05, 4.69) is 157 Å². The second-order valence-electron chi connectivity index (χ2n) is 32.6. The van der Waals surface area contributed by atoms with Crippen molar-refractivity contribution in [2.75, 3.05) is 31.9 Å². The summed E-state index contributed by atoms with van der Waals surface area (Å²) >= 11 is 6.29. The number of pyridine rings is 10. The lowest BCUT2D eigenvalue weighted by atomic mass is 10.1. The summed E-state index contributed by atoms with van der Waals surface area (Å²) in [7, 11) is 0. The van der Waals surface area contributed by atoms with Crippen molar-refractivity contribution in [3.8, 4) is 68.3 Å². The van der Waals surface area contributed by atoms with Crippen LogP contribution in [0.5, 0.6) is 0 Å². The van der Waals surface area contributed by atoms with E-state index in [0.29, 0.717) is 84.6 Å². The van der Waals surface area contributed by atoms with Crippen LogP contribution in [0, 0.1) is 17.5 Å². The van der Waals surface area contributed by atoms with Crippen LogP contribution in [0.4, 0.5) is 95.4 Å². The molecule has 0 aliphatic carbocycles. The molecule has 0 atom stereocenters. The Balaban J connectivity index is 0.000000109. The fraction of sp³-hybridized carbons (Fsp3) is 0.00870. The van der Waals surface area contributed by atoms with Gasteiger partial charge >= 0.3 is 6.18 Å². The summed E-state index contributed by atoms with van der Waals surface area (Å²) in [5.41, 5.74) is 10.8. The van der Waals surface area contributed by atoms with Crippen molar-refractivity contribution in [3.05, 3.63) is 461 Å². The monoisotopic (exact) mass is 2000 g/mol. The Labute approximate surface area is 855 Å². The smallest absolute Gasteiger partial charge is 0.340 e. The summed E-state index contributed by atoms with van der Waals surface area (Å²) in [6.07, 6.45) is 24.2. The Kier molecular flexibility index (Phi) is 29.6. The molecule has 0 spiro atoms. The Morgan fingerprint density at radius 2 is 0.513 bits per heavy atom. The molecule has 150 heavy (non-hydrogen) atoms. The standard InChI is InChI=1S/C23H16N4.C20H13F3N4.C18H12ClN5.C18H11F2N5.C18H12FN5.C18H13N5/c1-2-6-17-15-18(10-9-16(17)5-1)22-26-21-8-4-3-7-20(21)23(27-22)25-19-11-13-24-14-12-19;21-20(22,23)16-7-3-1-5-14(16)18-26-17-8-4-2-6-15(17)19(27-18)25-13-9-11-24-12-10-13;19-15-6-2-1-4-13(15)17-23-16-14(5-3-9-21-16)18(24-17)22-12-7-10-20-11-8-12;19-13-4-1-5-14(20)15(13)18-24-16-12(3-2-8-22-16)17(25-18)23-11-6-9-21-10-7-11;19-15-6-2-1-4-13(15)17-23-16-14(5-3-9-21-16)18(24-17)22-12-7-10-20-11-8-12;1-2-4-16-15(3-1)18(21-14-7-11-20-12-8-14)23-17(22-16)13-5-9-19-10-6-13/h1-15H,(H,24,25,26,27);1-12H,(H,24,25,26,27);1-11H,(H,20,21,22,23,24);1-10H,(H,21,22,23,24,25);1-11H,(H,20,21,22,23,24);1-12H,(H,20,21,22,23). The topological polar surface area (TPSA) is 356 Å². The second-order valence-corrected chi connectivity index (χ2v) is 33.0. The third-order valence-electron chi connectivity index (χ3n) is 22.7. The highest BCUT2D eigenvalue weighted by molar-refractivity contribution is 6.33. The van der Waals surface area contributed by atoms with Gasteiger partial charge in [-0.2, -0.15) is 13.2 Å². The highest BCUT2D eigenvalue weighted by Crippen LogP contribution is 2.40. The van der Waals surface area contributed by atoms with Crippen molar-refractivity contribution >= 4 is 157 Å². The molecule has 0 amide bonds. The van der Waals surface area contributed by atoms with Crippen LogP contribution in [0.3, 0.4) is 0 Å².